The fourth-order valence-corrected chi connectivity index (χ4v) is 3.75. The van der Waals surface area contributed by atoms with Gasteiger partial charge in [-0.3, -0.25) is 0 Å². The second-order valence-corrected chi connectivity index (χ2v) is 8.28. The lowest BCUT2D eigenvalue weighted by Crippen LogP contribution is -2.34. The second-order valence-electron chi connectivity index (χ2n) is 6.36. The van der Waals surface area contributed by atoms with E-state index < -0.39 is 10.0 Å². The van der Waals surface area contributed by atoms with E-state index in [-0.39, 0.29) is 5.75 Å². The van der Waals surface area contributed by atoms with Crippen LogP contribution < -0.4 is 10.0 Å². The van der Waals surface area contributed by atoms with Gasteiger partial charge in [0.2, 0.25) is 10.0 Å². The fourth-order valence-electron chi connectivity index (χ4n) is 2.79. The van der Waals surface area contributed by atoms with Crippen LogP contribution in [0, 0.1) is 11.8 Å². The molecule has 2 aliphatic rings. The number of sulfonamides is 1. The summed E-state index contributed by atoms with van der Waals surface area (Å²) in [6.07, 6.45) is 8.56. The monoisotopic (exact) mass is 288 g/mol. The average Bonchev–Trinajstić information content (AvgIpc) is 3.15. The van der Waals surface area contributed by atoms with Gasteiger partial charge in [0.05, 0.1) is 5.75 Å². The molecule has 0 radical (unpaired) electrons. The van der Waals surface area contributed by atoms with Crippen molar-refractivity contribution in [2.24, 2.45) is 11.8 Å². The molecule has 2 fully saturated rings. The first-order valence-electron chi connectivity index (χ1n) is 7.76. The summed E-state index contributed by atoms with van der Waals surface area (Å²) in [7, 11) is -3.07. The van der Waals surface area contributed by atoms with Crippen LogP contribution in [0.2, 0.25) is 0 Å². The maximum absolute atomic E-state index is 11.8. The Kier molecular flexibility index (Phi) is 5.66. The zero-order chi connectivity index (χ0) is 13.7. The van der Waals surface area contributed by atoms with Gasteiger partial charge in [-0.25, -0.2) is 13.1 Å². The summed E-state index contributed by atoms with van der Waals surface area (Å²) < 4.78 is 26.3. The van der Waals surface area contributed by atoms with Crippen molar-refractivity contribution in [3.63, 3.8) is 0 Å². The minimum Gasteiger partial charge on any atom is -0.313 e. The van der Waals surface area contributed by atoms with Crippen molar-refractivity contribution in [1.29, 1.82) is 0 Å². The van der Waals surface area contributed by atoms with Gasteiger partial charge in [0.25, 0.3) is 0 Å². The van der Waals surface area contributed by atoms with E-state index in [0.29, 0.717) is 19.1 Å². The van der Waals surface area contributed by atoms with Crippen molar-refractivity contribution in [2.45, 2.75) is 57.9 Å². The number of rotatable bonds is 8. The zero-order valence-electron chi connectivity index (χ0n) is 12.0. The van der Waals surface area contributed by atoms with E-state index in [1.54, 1.807) is 0 Å². The molecular weight excluding hydrogens is 260 g/mol. The van der Waals surface area contributed by atoms with Crippen LogP contribution in [-0.4, -0.2) is 33.3 Å². The summed E-state index contributed by atoms with van der Waals surface area (Å²) in [5, 5.41) is 3.24. The van der Waals surface area contributed by atoms with Crippen molar-refractivity contribution in [3.05, 3.63) is 0 Å². The van der Waals surface area contributed by atoms with Crippen molar-refractivity contribution >= 4 is 10.0 Å². The van der Waals surface area contributed by atoms with Gasteiger partial charge in [0, 0.05) is 19.1 Å². The minimum atomic E-state index is -3.07. The predicted molar refractivity (Wildman–Crippen MR) is 78.6 cm³/mol. The molecule has 0 spiro atoms. The number of hydrogen-bond acceptors (Lipinski definition) is 3. The van der Waals surface area contributed by atoms with E-state index in [1.807, 2.05) is 0 Å². The van der Waals surface area contributed by atoms with E-state index in [9.17, 15) is 8.42 Å². The Morgan fingerprint density at radius 1 is 1.00 bits per heavy atom. The van der Waals surface area contributed by atoms with E-state index in [1.165, 1.54) is 38.5 Å². The third-order valence-corrected chi connectivity index (χ3v) is 5.78. The maximum Gasteiger partial charge on any atom is 0.212 e. The molecule has 2 aliphatic carbocycles. The van der Waals surface area contributed by atoms with Crippen LogP contribution in [0.15, 0.2) is 0 Å². The Morgan fingerprint density at radius 2 is 1.68 bits per heavy atom. The third-order valence-electron chi connectivity index (χ3n) is 4.39. The Bertz CT molecular complexity index is 358. The van der Waals surface area contributed by atoms with Crippen LogP contribution in [0.25, 0.3) is 0 Å². The predicted octanol–water partition coefficient (Wildman–Crippen LogP) is 1.87. The van der Waals surface area contributed by atoms with E-state index >= 15 is 0 Å². The standard InChI is InChI=1S/C14H28N2O2S/c1-12-2-4-13(5-3-12)8-9-16-19(17,18)11-10-15-14-6-7-14/h12-16H,2-11H2,1H3. The van der Waals surface area contributed by atoms with Gasteiger partial charge in [-0.15, -0.1) is 0 Å². The summed E-state index contributed by atoms with van der Waals surface area (Å²) in [5.41, 5.74) is 0. The molecule has 2 saturated carbocycles. The van der Waals surface area contributed by atoms with Gasteiger partial charge in [0.15, 0.2) is 0 Å². The van der Waals surface area contributed by atoms with Crippen LogP contribution in [0.5, 0.6) is 0 Å². The number of nitrogens with one attached hydrogen (secondary N) is 2. The van der Waals surface area contributed by atoms with Crippen molar-refractivity contribution in [1.82, 2.24) is 10.0 Å². The molecule has 5 heteroatoms. The first-order valence-corrected chi connectivity index (χ1v) is 9.41. The lowest BCUT2D eigenvalue weighted by Gasteiger charge is -2.26. The molecule has 0 aromatic carbocycles. The topological polar surface area (TPSA) is 58.2 Å². The van der Waals surface area contributed by atoms with E-state index in [4.69, 9.17) is 0 Å². The molecule has 19 heavy (non-hydrogen) atoms. The van der Waals surface area contributed by atoms with Crippen LogP contribution in [-0.2, 0) is 10.0 Å². The lowest BCUT2D eigenvalue weighted by atomic mass is 9.81. The molecule has 0 amide bonds. The molecule has 112 valence electrons. The Morgan fingerprint density at radius 3 is 2.32 bits per heavy atom. The molecule has 0 aromatic rings. The smallest absolute Gasteiger partial charge is 0.212 e. The van der Waals surface area contributed by atoms with Crippen LogP contribution in [0.3, 0.4) is 0 Å². The highest BCUT2D eigenvalue weighted by Gasteiger charge is 2.21. The molecule has 4 nitrogen and oxygen atoms in total. The van der Waals surface area contributed by atoms with Gasteiger partial charge in [-0.2, -0.15) is 0 Å². The summed E-state index contributed by atoms with van der Waals surface area (Å²) in [5.74, 6) is 1.80. The van der Waals surface area contributed by atoms with Crippen LogP contribution in [0.1, 0.15) is 51.9 Å². The first-order chi connectivity index (χ1) is 9.05. The molecule has 2 N–H and O–H groups in total. The van der Waals surface area contributed by atoms with Gasteiger partial charge >= 0.3 is 0 Å². The zero-order valence-corrected chi connectivity index (χ0v) is 12.8. The largest absolute Gasteiger partial charge is 0.313 e. The molecule has 2 rings (SSSR count). The summed E-state index contributed by atoms with van der Waals surface area (Å²) in [6.45, 7) is 3.51. The normalized spacial score (nSPS) is 28.5. The Labute approximate surface area is 117 Å². The SMILES string of the molecule is CC1CCC(CCNS(=O)(=O)CCNC2CC2)CC1. The van der Waals surface area contributed by atoms with Gasteiger partial charge in [-0.05, 0) is 31.1 Å². The highest BCUT2D eigenvalue weighted by Crippen LogP contribution is 2.29. The molecule has 0 atom stereocenters. The lowest BCUT2D eigenvalue weighted by molar-refractivity contribution is 0.278. The minimum absolute atomic E-state index is 0.213. The highest BCUT2D eigenvalue weighted by molar-refractivity contribution is 7.89. The van der Waals surface area contributed by atoms with Gasteiger partial charge < -0.3 is 5.32 Å². The molecule has 0 unspecified atom stereocenters. The van der Waals surface area contributed by atoms with Crippen LogP contribution in [0.4, 0.5) is 0 Å². The summed E-state index contributed by atoms with van der Waals surface area (Å²) in [4.78, 5) is 0. The molecule has 0 saturated heterocycles. The number of hydrogen-bond donors (Lipinski definition) is 2. The highest BCUT2D eigenvalue weighted by atomic mass is 32.2. The molecule has 0 aromatic heterocycles. The molecule has 0 aliphatic heterocycles. The maximum atomic E-state index is 11.8. The van der Waals surface area contributed by atoms with Gasteiger partial charge in [-0.1, -0.05) is 32.6 Å². The van der Waals surface area contributed by atoms with E-state index in [0.717, 1.165) is 18.3 Å². The molecule has 0 heterocycles. The summed E-state index contributed by atoms with van der Waals surface area (Å²) in [6, 6.07) is 0.583. The third kappa shape index (κ3) is 6.23. The van der Waals surface area contributed by atoms with Gasteiger partial charge in [0.1, 0.15) is 0 Å². The second kappa shape index (κ2) is 7.04. The molecular formula is C14H28N2O2S. The molecule has 0 bridgehead atoms. The van der Waals surface area contributed by atoms with Crippen molar-refractivity contribution < 1.29 is 8.42 Å². The van der Waals surface area contributed by atoms with E-state index in [2.05, 4.69) is 17.0 Å². The Balaban J connectivity index is 1.55. The van der Waals surface area contributed by atoms with Crippen LogP contribution >= 0.6 is 0 Å². The van der Waals surface area contributed by atoms with Crippen molar-refractivity contribution in [2.75, 3.05) is 18.8 Å². The van der Waals surface area contributed by atoms with Crippen molar-refractivity contribution in [3.8, 4) is 0 Å². The fraction of sp³-hybridized carbons (Fsp3) is 1.00. The first kappa shape index (κ1) is 15.3. The summed E-state index contributed by atoms with van der Waals surface area (Å²) >= 11 is 0. The quantitative estimate of drug-likeness (QED) is 0.717. The Hall–Kier alpha value is -0.130. The average molecular weight is 288 g/mol.